The summed E-state index contributed by atoms with van der Waals surface area (Å²) in [6.45, 7) is 1.92. The maximum Gasteiger partial charge on any atom is 0.248 e. The first-order valence-electron chi connectivity index (χ1n) is 4.24. The molecule has 0 unspecified atom stereocenters. The van der Waals surface area contributed by atoms with Gasteiger partial charge in [-0.15, -0.1) is 0 Å². The number of pyridine rings is 1. The first kappa shape index (κ1) is 8.52. The molecule has 0 bridgehead atoms. The smallest absolute Gasteiger partial charge is 0.248 e. The molecule has 0 atom stereocenters. The molecule has 2 rings (SSSR count). The van der Waals surface area contributed by atoms with Crippen LogP contribution in [0.15, 0.2) is 29.1 Å². The van der Waals surface area contributed by atoms with Gasteiger partial charge >= 0.3 is 0 Å². The van der Waals surface area contributed by atoms with E-state index in [-0.39, 0.29) is 5.56 Å². The Morgan fingerprint density at radius 2 is 2.14 bits per heavy atom. The fourth-order valence-electron chi connectivity index (χ4n) is 1.50. The van der Waals surface area contributed by atoms with Gasteiger partial charge in [0.05, 0.1) is 11.1 Å². The standard InChI is InChI=1S/C11H8N2O/c1-7-4-8-2-3-10(14)13-11(8)9(5-7)6-12/h2-5H,1H3,(H,13,14). The third-order valence-electron chi connectivity index (χ3n) is 2.10. The molecule has 0 saturated heterocycles. The van der Waals surface area contributed by atoms with Crippen molar-refractivity contribution in [2.75, 3.05) is 0 Å². The van der Waals surface area contributed by atoms with Crippen molar-refractivity contribution in [3.63, 3.8) is 0 Å². The van der Waals surface area contributed by atoms with Gasteiger partial charge in [-0.25, -0.2) is 0 Å². The van der Waals surface area contributed by atoms with E-state index in [4.69, 9.17) is 5.26 Å². The van der Waals surface area contributed by atoms with Crippen LogP contribution in [-0.4, -0.2) is 4.98 Å². The number of nitriles is 1. The topological polar surface area (TPSA) is 56.6 Å². The van der Waals surface area contributed by atoms with Crippen LogP contribution in [-0.2, 0) is 0 Å². The summed E-state index contributed by atoms with van der Waals surface area (Å²) in [6, 6.07) is 8.95. The van der Waals surface area contributed by atoms with Crippen LogP contribution in [0.2, 0.25) is 0 Å². The predicted octanol–water partition coefficient (Wildman–Crippen LogP) is 1.71. The van der Waals surface area contributed by atoms with E-state index in [9.17, 15) is 4.79 Å². The van der Waals surface area contributed by atoms with Gasteiger partial charge in [-0.2, -0.15) is 5.26 Å². The molecule has 1 N–H and O–H groups in total. The van der Waals surface area contributed by atoms with E-state index in [0.29, 0.717) is 11.1 Å². The minimum absolute atomic E-state index is 0.183. The Kier molecular flexibility index (Phi) is 1.83. The molecule has 3 nitrogen and oxygen atoms in total. The van der Waals surface area contributed by atoms with Crippen molar-refractivity contribution >= 4 is 10.9 Å². The number of aryl methyl sites for hydroxylation is 1. The Hall–Kier alpha value is -2.08. The van der Waals surface area contributed by atoms with Crippen molar-refractivity contribution in [1.82, 2.24) is 4.98 Å². The van der Waals surface area contributed by atoms with Crippen LogP contribution in [0, 0.1) is 18.3 Å². The number of nitrogens with one attached hydrogen (secondary N) is 1. The fourth-order valence-corrected chi connectivity index (χ4v) is 1.50. The number of hydrogen-bond acceptors (Lipinski definition) is 2. The van der Waals surface area contributed by atoms with E-state index in [1.54, 1.807) is 12.1 Å². The molecular formula is C11H8N2O. The Morgan fingerprint density at radius 3 is 2.86 bits per heavy atom. The van der Waals surface area contributed by atoms with Gasteiger partial charge in [-0.05, 0) is 36.1 Å². The SMILES string of the molecule is Cc1cc(C#N)c2[nH]c(=O)ccc2c1. The molecule has 3 heteroatoms. The van der Waals surface area contributed by atoms with Crippen LogP contribution >= 0.6 is 0 Å². The molecular weight excluding hydrogens is 176 g/mol. The highest BCUT2D eigenvalue weighted by molar-refractivity contribution is 5.84. The zero-order chi connectivity index (χ0) is 10.1. The van der Waals surface area contributed by atoms with Crippen molar-refractivity contribution in [3.8, 4) is 6.07 Å². The van der Waals surface area contributed by atoms with Crippen LogP contribution < -0.4 is 5.56 Å². The van der Waals surface area contributed by atoms with Crippen molar-refractivity contribution in [2.24, 2.45) is 0 Å². The fraction of sp³-hybridized carbons (Fsp3) is 0.0909. The van der Waals surface area contributed by atoms with Crippen molar-refractivity contribution < 1.29 is 0 Å². The zero-order valence-corrected chi connectivity index (χ0v) is 7.66. The number of benzene rings is 1. The summed E-state index contributed by atoms with van der Waals surface area (Å²) in [4.78, 5) is 13.7. The molecule has 0 saturated carbocycles. The summed E-state index contributed by atoms with van der Waals surface area (Å²) in [5.74, 6) is 0. The lowest BCUT2D eigenvalue weighted by Crippen LogP contribution is -2.03. The van der Waals surface area contributed by atoms with Crippen LogP contribution in [0.5, 0.6) is 0 Å². The number of nitrogens with zero attached hydrogens (tertiary/aromatic N) is 1. The highest BCUT2D eigenvalue weighted by Gasteiger charge is 2.01. The summed E-state index contributed by atoms with van der Waals surface area (Å²) >= 11 is 0. The molecule has 68 valence electrons. The third kappa shape index (κ3) is 1.27. The van der Waals surface area contributed by atoms with Gasteiger partial charge in [0.15, 0.2) is 0 Å². The number of rotatable bonds is 0. The minimum atomic E-state index is -0.183. The van der Waals surface area contributed by atoms with E-state index in [1.165, 1.54) is 6.07 Å². The Labute approximate surface area is 80.6 Å². The van der Waals surface area contributed by atoms with Gasteiger partial charge in [0.25, 0.3) is 0 Å². The summed E-state index contributed by atoms with van der Waals surface area (Å²) in [7, 11) is 0. The number of fused-ring (bicyclic) bond motifs is 1. The van der Waals surface area contributed by atoms with Crippen molar-refractivity contribution in [1.29, 1.82) is 5.26 Å². The molecule has 1 aromatic carbocycles. The van der Waals surface area contributed by atoms with Gasteiger partial charge < -0.3 is 4.98 Å². The molecule has 14 heavy (non-hydrogen) atoms. The lowest BCUT2D eigenvalue weighted by molar-refractivity contribution is 1.29. The highest BCUT2D eigenvalue weighted by Crippen LogP contribution is 2.16. The first-order valence-corrected chi connectivity index (χ1v) is 4.24. The average molecular weight is 184 g/mol. The normalized spacial score (nSPS) is 10.0. The molecule has 0 aliphatic heterocycles. The number of aromatic amines is 1. The Balaban J connectivity index is 2.97. The molecule has 1 heterocycles. The Morgan fingerprint density at radius 1 is 1.36 bits per heavy atom. The van der Waals surface area contributed by atoms with Crippen LogP contribution in [0.1, 0.15) is 11.1 Å². The van der Waals surface area contributed by atoms with Gasteiger partial charge in [0.1, 0.15) is 6.07 Å². The van der Waals surface area contributed by atoms with E-state index in [2.05, 4.69) is 11.1 Å². The van der Waals surface area contributed by atoms with Crippen molar-refractivity contribution in [2.45, 2.75) is 6.92 Å². The molecule has 0 amide bonds. The van der Waals surface area contributed by atoms with E-state index in [0.717, 1.165) is 10.9 Å². The van der Waals surface area contributed by atoms with Gasteiger partial charge in [0.2, 0.25) is 5.56 Å². The predicted molar refractivity (Wildman–Crippen MR) is 54.0 cm³/mol. The minimum Gasteiger partial charge on any atom is -0.321 e. The van der Waals surface area contributed by atoms with Crippen LogP contribution in [0.3, 0.4) is 0 Å². The molecule has 0 radical (unpaired) electrons. The lowest BCUT2D eigenvalue weighted by Gasteiger charge is -2.00. The zero-order valence-electron chi connectivity index (χ0n) is 7.66. The molecule has 0 fully saturated rings. The number of H-pyrrole nitrogens is 1. The van der Waals surface area contributed by atoms with Gasteiger partial charge in [0, 0.05) is 6.07 Å². The van der Waals surface area contributed by atoms with E-state index in [1.807, 2.05) is 13.0 Å². The summed E-state index contributed by atoms with van der Waals surface area (Å²) in [5, 5.41) is 9.77. The maximum absolute atomic E-state index is 11.1. The number of aromatic nitrogens is 1. The number of hydrogen-bond donors (Lipinski definition) is 1. The highest BCUT2D eigenvalue weighted by atomic mass is 16.1. The van der Waals surface area contributed by atoms with Crippen LogP contribution in [0.4, 0.5) is 0 Å². The van der Waals surface area contributed by atoms with Gasteiger partial charge in [-0.3, -0.25) is 4.79 Å². The van der Waals surface area contributed by atoms with E-state index < -0.39 is 0 Å². The second kappa shape index (κ2) is 3.00. The lowest BCUT2D eigenvalue weighted by atomic mass is 10.1. The summed E-state index contributed by atoms with van der Waals surface area (Å²) < 4.78 is 0. The molecule has 0 aliphatic rings. The average Bonchev–Trinajstić information content (AvgIpc) is 2.17. The van der Waals surface area contributed by atoms with Crippen LogP contribution in [0.25, 0.3) is 10.9 Å². The van der Waals surface area contributed by atoms with E-state index >= 15 is 0 Å². The Bertz CT molecular complexity index is 590. The first-order chi connectivity index (χ1) is 6.70. The molecule has 0 spiro atoms. The van der Waals surface area contributed by atoms with Crippen molar-refractivity contribution in [3.05, 3.63) is 45.7 Å². The monoisotopic (exact) mass is 184 g/mol. The second-order valence-electron chi connectivity index (χ2n) is 3.21. The summed E-state index contributed by atoms with van der Waals surface area (Å²) in [5.41, 5.74) is 1.96. The molecule has 1 aromatic heterocycles. The third-order valence-corrected chi connectivity index (χ3v) is 2.10. The summed E-state index contributed by atoms with van der Waals surface area (Å²) in [6.07, 6.45) is 0. The molecule has 2 aromatic rings. The van der Waals surface area contributed by atoms with Gasteiger partial charge in [-0.1, -0.05) is 0 Å². The second-order valence-corrected chi connectivity index (χ2v) is 3.21. The quantitative estimate of drug-likeness (QED) is 0.677. The maximum atomic E-state index is 11.1. The molecule has 0 aliphatic carbocycles. The largest absolute Gasteiger partial charge is 0.321 e.